The molecule has 0 bridgehead atoms. The highest BCUT2D eigenvalue weighted by Gasteiger charge is 2.36. The summed E-state index contributed by atoms with van der Waals surface area (Å²) in [6.45, 7) is 0. The number of hydrogen-bond acceptors (Lipinski definition) is 2. The van der Waals surface area contributed by atoms with Gasteiger partial charge >= 0.3 is 0 Å². The minimum absolute atomic E-state index is 0.469. The van der Waals surface area contributed by atoms with Crippen LogP contribution in [0.2, 0.25) is 0 Å². The van der Waals surface area contributed by atoms with E-state index in [9.17, 15) is 9.13 Å². The first-order chi connectivity index (χ1) is 6.20. The zero-order valence-electron chi connectivity index (χ0n) is 7.97. The summed E-state index contributed by atoms with van der Waals surface area (Å²) >= 11 is 0. The summed E-state index contributed by atoms with van der Waals surface area (Å²) < 4.78 is 22.6. The quantitative estimate of drug-likeness (QED) is 0.588. The molecule has 4 heteroatoms. The van der Waals surface area contributed by atoms with Gasteiger partial charge in [0.2, 0.25) is 0 Å². The Labute approximate surface area is 81.1 Å². The highest BCUT2D eigenvalue weighted by molar-refractivity contribution is 7.45. The molecule has 0 aliphatic carbocycles. The van der Waals surface area contributed by atoms with Crippen molar-refractivity contribution in [1.82, 2.24) is 0 Å². The molecule has 13 heavy (non-hydrogen) atoms. The standard InChI is InChI=1S/C9H18O2P2/c10-12-5-1-9(2-6-12)3-7-13(11)8-4-9/h12-13H,1-8H2. The van der Waals surface area contributed by atoms with E-state index >= 15 is 0 Å². The molecule has 2 nitrogen and oxygen atoms in total. The maximum absolute atomic E-state index is 11.3. The van der Waals surface area contributed by atoms with Crippen LogP contribution in [0.1, 0.15) is 25.7 Å². The molecule has 0 unspecified atom stereocenters. The van der Waals surface area contributed by atoms with Crippen molar-refractivity contribution in [2.75, 3.05) is 24.6 Å². The van der Waals surface area contributed by atoms with Crippen LogP contribution in [0.5, 0.6) is 0 Å². The first kappa shape index (κ1) is 9.99. The predicted molar refractivity (Wildman–Crippen MR) is 58.4 cm³/mol. The van der Waals surface area contributed by atoms with E-state index in [1.54, 1.807) is 0 Å². The Balaban J connectivity index is 1.98. The van der Waals surface area contributed by atoms with Crippen molar-refractivity contribution in [3.8, 4) is 0 Å². The Morgan fingerprint density at radius 2 is 1.00 bits per heavy atom. The van der Waals surface area contributed by atoms with Crippen LogP contribution in [0.15, 0.2) is 0 Å². The SMILES string of the molecule is O=[PH]1CCC2(CC1)CC[PH](=O)CC2. The van der Waals surface area contributed by atoms with Crippen LogP contribution in [0, 0.1) is 5.41 Å². The largest absolute Gasteiger partial charge is 0.327 e. The summed E-state index contributed by atoms with van der Waals surface area (Å²) in [4.78, 5) is 0. The molecule has 2 aliphatic heterocycles. The minimum Gasteiger partial charge on any atom is -0.327 e. The summed E-state index contributed by atoms with van der Waals surface area (Å²) in [7, 11) is -2.40. The van der Waals surface area contributed by atoms with Crippen molar-refractivity contribution in [3.05, 3.63) is 0 Å². The topological polar surface area (TPSA) is 34.1 Å². The lowest BCUT2D eigenvalue weighted by Gasteiger charge is -2.40. The van der Waals surface area contributed by atoms with Gasteiger partial charge in [0.05, 0.1) is 15.6 Å². The number of hydrogen-bond donors (Lipinski definition) is 0. The van der Waals surface area contributed by atoms with Gasteiger partial charge in [-0.1, -0.05) is 0 Å². The fraction of sp³-hybridized carbons (Fsp3) is 1.00. The molecule has 0 amide bonds. The first-order valence-electron chi connectivity index (χ1n) is 5.24. The van der Waals surface area contributed by atoms with Crippen LogP contribution < -0.4 is 0 Å². The molecule has 2 rings (SSSR count). The summed E-state index contributed by atoms with van der Waals surface area (Å²) in [5, 5.41) is 0. The van der Waals surface area contributed by atoms with Gasteiger partial charge in [0.15, 0.2) is 0 Å². The minimum atomic E-state index is -1.20. The second-order valence-electron chi connectivity index (χ2n) is 4.58. The van der Waals surface area contributed by atoms with Gasteiger partial charge in [-0.15, -0.1) is 0 Å². The molecule has 2 fully saturated rings. The molecule has 76 valence electrons. The average Bonchev–Trinajstić information content (AvgIpc) is 2.16. The van der Waals surface area contributed by atoms with E-state index in [-0.39, 0.29) is 0 Å². The Kier molecular flexibility index (Phi) is 3.01. The van der Waals surface area contributed by atoms with E-state index in [1.807, 2.05) is 0 Å². The van der Waals surface area contributed by atoms with Crippen molar-refractivity contribution >= 4 is 15.6 Å². The maximum Gasteiger partial charge on any atom is 0.0762 e. The molecular formula is C9H18O2P2. The first-order valence-corrected chi connectivity index (χ1v) is 8.88. The second kappa shape index (κ2) is 3.91. The smallest absolute Gasteiger partial charge is 0.0762 e. The normalized spacial score (nSPS) is 46.5. The fourth-order valence-corrected chi connectivity index (χ4v) is 6.36. The molecule has 0 N–H and O–H groups in total. The van der Waals surface area contributed by atoms with Gasteiger partial charge in [0.1, 0.15) is 0 Å². The van der Waals surface area contributed by atoms with E-state index in [0.29, 0.717) is 5.41 Å². The molecule has 2 aliphatic rings. The molecule has 0 aromatic rings. The average molecular weight is 220 g/mol. The molecule has 0 radical (unpaired) electrons. The molecule has 2 saturated heterocycles. The molecular weight excluding hydrogens is 202 g/mol. The Morgan fingerprint density at radius 3 is 1.31 bits per heavy atom. The van der Waals surface area contributed by atoms with Crippen LogP contribution in [-0.4, -0.2) is 24.6 Å². The lowest BCUT2D eigenvalue weighted by atomic mass is 9.77. The lowest BCUT2D eigenvalue weighted by molar-refractivity contribution is 0.229. The monoisotopic (exact) mass is 220 g/mol. The maximum atomic E-state index is 11.3. The van der Waals surface area contributed by atoms with E-state index in [2.05, 4.69) is 0 Å². The van der Waals surface area contributed by atoms with Gasteiger partial charge in [-0.3, -0.25) is 0 Å². The summed E-state index contributed by atoms with van der Waals surface area (Å²) in [6, 6.07) is 0. The molecule has 2 heterocycles. The second-order valence-corrected chi connectivity index (χ2v) is 8.73. The molecule has 0 atom stereocenters. The van der Waals surface area contributed by atoms with Crippen LogP contribution in [0.3, 0.4) is 0 Å². The van der Waals surface area contributed by atoms with Crippen LogP contribution in [-0.2, 0) is 9.13 Å². The lowest BCUT2D eigenvalue weighted by Crippen LogP contribution is -2.30. The highest BCUT2D eigenvalue weighted by atomic mass is 31.1. The van der Waals surface area contributed by atoms with Crippen LogP contribution in [0.4, 0.5) is 0 Å². The van der Waals surface area contributed by atoms with E-state index in [1.165, 1.54) is 0 Å². The summed E-state index contributed by atoms with van der Waals surface area (Å²) in [5.74, 6) is 0. The summed E-state index contributed by atoms with van der Waals surface area (Å²) in [6.07, 6.45) is 8.47. The van der Waals surface area contributed by atoms with Gasteiger partial charge in [-0.25, -0.2) is 0 Å². The predicted octanol–water partition coefficient (Wildman–Crippen LogP) is 2.68. The summed E-state index contributed by atoms with van der Waals surface area (Å²) in [5.41, 5.74) is 0.469. The Bertz CT molecular complexity index is 200. The third-order valence-electron chi connectivity index (χ3n) is 3.74. The van der Waals surface area contributed by atoms with Gasteiger partial charge < -0.3 is 9.13 Å². The molecule has 0 aromatic heterocycles. The van der Waals surface area contributed by atoms with Gasteiger partial charge in [0.25, 0.3) is 0 Å². The zero-order chi connectivity index (χ0) is 9.31. The third-order valence-corrected chi connectivity index (χ3v) is 6.97. The van der Waals surface area contributed by atoms with Crippen molar-refractivity contribution in [2.24, 2.45) is 5.41 Å². The van der Waals surface area contributed by atoms with E-state index in [0.717, 1.165) is 50.3 Å². The van der Waals surface area contributed by atoms with Crippen molar-refractivity contribution in [2.45, 2.75) is 25.7 Å². The zero-order valence-corrected chi connectivity index (χ0v) is 9.97. The van der Waals surface area contributed by atoms with E-state index < -0.39 is 15.6 Å². The van der Waals surface area contributed by atoms with Crippen molar-refractivity contribution < 1.29 is 9.13 Å². The molecule has 1 spiro atoms. The molecule has 0 saturated carbocycles. The third kappa shape index (κ3) is 2.28. The Morgan fingerprint density at radius 1 is 0.692 bits per heavy atom. The molecule has 0 aromatic carbocycles. The van der Waals surface area contributed by atoms with Gasteiger partial charge in [-0.05, 0) is 55.7 Å². The van der Waals surface area contributed by atoms with E-state index in [4.69, 9.17) is 0 Å². The fourth-order valence-electron chi connectivity index (χ4n) is 2.62. The van der Waals surface area contributed by atoms with Crippen LogP contribution >= 0.6 is 15.6 Å². The highest BCUT2D eigenvalue weighted by Crippen LogP contribution is 2.51. The van der Waals surface area contributed by atoms with Crippen molar-refractivity contribution in [3.63, 3.8) is 0 Å². The van der Waals surface area contributed by atoms with Crippen molar-refractivity contribution in [1.29, 1.82) is 0 Å². The van der Waals surface area contributed by atoms with Gasteiger partial charge in [0, 0.05) is 0 Å². The number of rotatable bonds is 0. The van der Waals surface area contributed by atoms with Gasteiger partial charge in [-0.2, -0.15) is 0 Å². The van der Waals surface area contributed by atoms with Crippen LogP contribution in [0.25, 0.3) is 0 Å². The Hall–Kier alpha value is 0.460.